The van der Waals surface area contributed by atoms with E-state index in [4.69, 9.17) is 16.0 Å². The van der Waals surface area contributed by atoms with Crippen LogP contribution in [-0.2, 0) is 6.42 Å². The standard InChI is InChI=1S/C22H33N5O/c1-2-3-4-5-6-7-8-9-10-17-11-13-18(14-12-17)20-25-21(28-26-20)19-15-27(16-19)22(23)24/h11-14,19H,2-10,15-16H2,1H3,(H3,23,24)/p+1. The van der Waals surface area contributed by atoms with Crippen LogP contribution >= 0.6 is 0 Å². The van der Waals surface area contributed by atoms with Crippen LogP contribution in [0.15, 0.2) is 28.8 Å². The normalized spacial score (nSPS) is 16.2. The van der Waals surface area contributed by atoms with Crippen molar-refractivity contribution >= 4 is 5.96 Å². The predicted molar refractivity (Wildman–Crippen MR) is 112 cm³/mol. The van der Waals surface area contributed by atoms with Gasteiger partial charge in [-0.25, -0.2) is 0 Å². The molecule has 6 heteroatoms. The highest BCUT2D eigenvalue weighted by Crippen LogP contribution is 2.25. The summed E-state index contributed by atoms with van der Waals surface area (Å²) in [7, 11) is 0. The molecular formula is C22H34N5O+. The van der Waals surface area contributed by atoms with Crippen molar-refractivity contribution in [1.29, 1.82) is 0 Å². The fraction of sp³-hybridized carbons (Fsp3) is 0.591. The Hall–Kier alpha value is -2.37. The van der Waals surface area contributed by atoms with E-state index in [1.54, 1.807) is 0 Å². The number of aromatic nitrogens is 2. The van der Waals surface area contributed by atoms with Crippen molar-refractivity contribution in [3.05, 3.63) is 35.7 Å². The van der Waals surface area contributed by atoms with Crippen molar-refractivity contribution in [2.75, 3.05) is 13.1 Å². The van der Waals surface area contributed by atoms with Crippen molar-refractivity contribution in [2.45, 2.75) is 70.6 Å². The fourth-order valence-corrected chi connectivity index (χ4v) is 3.65. The van der Waals surface area contributed by atoms with Gasteiger partial charge in [-0.1, -0.05) is 81.3 Å². The van der Waals surface area contributed by atoms with Crippen molar-refractivity contribution < 1.29 is 9.10 Å². The van der Waals surface area contributed by atoms with Crippen molar-refractivity contribution in [3.63, 3.8) is 0 Å². The predicted octanol–water partition coefficient (Wildman–Crippen LogP) is 3.80. The van der Waals surface area contributed by atoms with Gasteiger partial charge in [-0.05, 0) is 18.4 Å². The second kappa shape index (κ2) is 10.2. The summed E-state index contributed by atoms with van der Waals surface area (Å²) in [6.07, 6.45) is 12.0. The Morgan fingerprint density at radius 1 is 1.00 bits per heavy atom. The number of unbranched alkanes of at least 4 members (excludes halogenated alkanes) is 7. The molecule has 1 fully saturated rings. The first-order chi connectivity index (χ1) is 13.7. The van der Waals surface area contributed by atoms with Crippen LogP contribution in [0.5, 0.6) is 0 Å². The van der Waals surface area contributed by atoms with Gasteiger partial charge in [-0.3, -0.25) is 16.0 Å². The summed E-state index contributed by atoms with van der Waals surface area (Å²) >= 11 is 0. The highest BCUT2D eigenvalue weighted by Gasteiger charge is 2.33. The van der Waals surface area contributed by atoms with E-state index in [0.717, 1.165) is 25.1 Å². The van der Waals surface area contributed by atoms with E-state index < -0.39 is 0 Å². The van der Waals surface area contributed by atoms with E-state index >= 15 is 0 Å². The van der Waals surface area contributed by atoms with Gasteiger partial charge in [0, 0.05) is 5.56 Å². The minimum Gasteiger partial charge on any atom is -0.338 e. The highest BCUT2D eigenvalue weighted by molar-refractivity contribution is 5.70. The quantitative estimate of drug-likeness (QED) is 0.349. The second-order valence-electron chi connectivity index (χ2n) is 7.90. The lowest BCUT2D eigenvalue weighted by Gasteiger charge is -2.25. The van der Waals surface area contributed by atoms with Crippen molar-refractivity contribution in [2.24, 2.45) is 11.5 Å². The Morgan fingerprint density at radius 2 is 1.64 bits per heavy atom. The molecule has 28 heavy (non-hydrogen) atoms. The molecule has 1 aliphatic heterocycles. The molecule has 0 aliphatic carbocycles. The number of hydrogen-bond donors (Lipinski definition) is 2. The minimum absolute atomic E-state index is 0.213. The number of nitrogens with zero attached hydrogens (tertiary/aromatic N) is 3. The molecule has 0 atom stereocenters. The van der Waals surface area contributed by atoms with Gasteiger partial charge in [0.15, 0.2) is 0 Å². The Labute approximate surface area is 168 Å². The molecule has 0 amide bonds. The summed E-state index contributed by atoms with van der Waals surface area (Å²) < 4.78 is 7.33. The molecule has 0 saturated carbocycles. The summed E-state index contributed by atoms with van der Waals surface area (Å²) in [6.45, 7) is 3.74. The van der Waals surface area contributed by atoms with Crippen LogP contribution < -0.4 is 11.5 Å². The van der Waals surface area contributed by atoms with Crippen LogP contribution in [0.1, 0.15) is 75.7 Å². The molecule has 3 rings (SSSR count). The molecule has 1 aromatic heterocycles. The van der Waals surface area contributed by atoms with E-state index in [1.165, 1.54) is 56.9 Å². The smallest absolute Gasteiger partial charge is 0.338 e. The zero-order valence-corrected chi connectivity index (χ0v) is 17.1. The summed E-state index contributed by atoms with van der Waals surface area (Å²) in [5, 5.41) is 4.13. The third-order valence-corrected chi connectivity index (χ3v) is 5.57. The van der Waals surface area contributed by atoms with Crippen LogP contribution in [0.2, 0.25) is 0 Å². The van der Waals surface area contributed by atoms with E-state index in [9.17, 15) is 0 Å². The van der Waals surface area contributed by atoms with Gasteiger partial charge in [0.2, 0.25) is 11.7 Å². The summed E-state index contributed by atoms with van der Waals surface area (Å²) in [5.41, 5.74) is 13.5. The maximum absolute atomic E-state index is 5.58. The van der Waals surface area contributed by atoms with Crippen LogP contribution in [0, 0.1) is 0 Å². The topological polar surface area (TPSA) is 94.0 Å². The maximum atomic E-state index is 5.58. The van der Waals surface area contributed by atoms with Gasteiger partial charge in [0.25, 0.3) is 0 Å². The van der Waals surface area contributed by atoms with E-state index in [1.807, 2.05) is 4.58 Å². The summed E-state index contributed by atoms with van der Waals surface area (Å²) in [6, 6.07) is 8.55. The Morgan fingerprint density at radius 3 is 2.29 bits per heavy atom. The Bertz CT molecular complexity index is 753. The number of aryl methyl sites for hydroxylation is 1. The largest absolute Gasteiger partial charge is 0.341 e. The molecule has 0 radical (unpaired) electrons. The van der Waals surface area contributed by atoms with Crippen LogP contribution in [-0.4, -0.2) is 33.8 Å². The van der Waals surface area contributed by atoms with E-state index in [-0.39, 0.29) is 5.92 Å². The second-order valence-corrected chi connectivity index (χ2v) is 7.90. The van der Waals surface area contributed by atoms with Crippen LogP contribution in [0.3, 0.4) is 0 Å². The third kappa shape index (κ3) is 5.57. The lowest BCUT2D eigenvalue weighted by molar-refractivity contribution is -0.594. The fourth-order valence-electron chi connectivity index (χ4n) is 3.65. The van der Waals surface area contributed by atoms with Crippen molar-refractivity contribution in [1.82, 2.24) is 10.1 Å². The van der Waals surface area contributed by atoms with Gasteiger partial charge in [0.1, 0.15) is 0 Å². The van der Waals surface area contributed by atoms with E-state index in [2.05, 4.69) is 41.3 Å². The van der Waals surface area contributed by atoms with Gasteiger partial charge in [-0.2, -0.15) is 4.98 Å². The van der Waals surface area contributed by atoms with Gasteiger partial charge < -0.3 is 4.52 Å². The average Bonchev–Trinajstić information content (AvgIpc) is 3.12. The lowest BCUT2D eigenvalue weighted by Crippen LogP contribution is -2.47. The molecule has 4 N–H and O–H groups in total. The SMILES string of the molecule is CCCCCCCCCCc1ccc(-c2noc(C3C[N+](=C(N)N)C3)n2)cc1. The first kappa shape index (κ1) is 20.4. The molecule has 6 nitrogen and oxygen atoms in total. The monoisotopic (exact) mass is 384 g/mol. The molecule has 1 saturated heterocycles. The number of rotatable bonds is 11. The average molecular weight is 385 g/mol. The number of hydrogen-bond acceptors (Lipinski definition) is 3. The van der Waals surface area contributed by atoms with Crippen molar-refractivity contribution in [3.8, 4) is 11.4 Å². The molecule has 1 aliphatic rings. The summed E-state index contributed by atoms with van der Waals surface area (Å²) in [5.74, 6) is 1.87. The third-order valence-electron chi connectivity index (χ3n) is 5.57. The van der Waals surface area contributed by atoms with Gasteiger partial charge in [0.05, 0.1) is 19.0 Å². The molecule has 0 bridgehead atoms. The zero-order chi connectivity index (χ0) is 19.8. The van der Waals surface area contributed by atoms with Gasteiger partial charge >= 0.3 is 5.96 Å². The van der Waals surface area contributed by atoms with E-state index in [0.29, 0.717) is 17.7 Å². The summed E-state index contributed by atoms with van der Waals surface area (Å²) in [4.78, 5) is 4.55. The molecular weight excluding hydrogens is 350 g/mol. The molecule has 2 heterocycles. The van der Waals surface area contributed by atoms with Gasteiger partial charge in [-0.15, -0.1) is 0 Å². The Kier molecular flexibility index (Phi) is 7.46. The first-order valence-corrected chi connectivity index (χ1v) is 10.7. The molecule has 152 valence electrons. The molecule has 1 aromatic carbocycles. The molecule has 2 aromatic rings. The Balaban J connectivity index is 1.41. The lowest BCUT2D eigenvalue weighted by atomic mass is 10.0. The number of guanidine groups is 1. The van der Waals surface area contributed by atoms with Crippen LogP contribution in [0.4, 0.5) is 0 Å². The zero-order valence-electron chi connectivity index (χ0n) is 17.1. The number of nitrogens with two attached hydrogens (primary N) is 2. The molecule has 0 unspecified atom stereocenters. The highest BCUT2D eigenvalue weighted by atomic mass is 16.5. The minimum atomic E-state index is 0.213. The first-order valence-electron chi connectivity index (χ1n) is 10.7. The maximum Gasteiger partial charge on any atom is 0.341 e. The number of benzene rings is 1. The molecule has 0 spiro atoms. The van der Waals surface area contributed by atoms with Crippen LogP contribution in [0.25, 0.3) is 11.4 Å².